The summed E-state index contributed by atoms with van der Waals surface area (Å²) in [6.07, 6.45) is 8.72. The molecule has 1 aromatic carbocycles. The molecule has 0 bridgehead atoms. The zero-order valence-corrected chi connectivity index (χ0v) is 14.1. The molecule has 3 N–H and O–H groups in total. The number of fused-ring (bicyclic) bond motifs is 2. The zero-order valence-electron chi connectivity index (χ0n) is 14.1. The van der Waals surface area contributed by atoms with Crippen LogP contribution in [-0.4, -0.2) is 31.0 Å². The number of aldehydes is 1. The van der Waals surface area contributed by atoms with E-state index < -0.39 is 0 Å². The molecule has 0 spiro atoms. The van der Waals surface area contributed by atoms with Gasteiger partial charge in [0.1, 0.15) is 17.8 Å². The highest BCUT2D eigenvalue weighted by molar-refractivity contribution is 6.02. The summed E-state index contributed by atoms with van der Waals surface area (Å²) >= 11 is 0. The average molecular weight is 346 g/mol. The van der Waals surface area contributed by atoms with Crippen molar-refractivity contribution in [1.82, 2.24) is 24.7 Å². The highest BCUT2D eigenvalue weighted by atomic mass is 16.1. The van der Waals surface area contributed by atoms with E-state index in [-0.39, 0.29) is 0 Å². The fourth-order valence-corrected chi connectivity index (χ4v) is 3.99. The molecule has 0 amide bonds. The van der Waals surface area contributed by atoms with Gasteiger partial charge >= 0.3 is 0 Å². The Labute approximate surface area is 149 Å². The fourth-order valence-electron chi connectivity index (χ4n) is 3.99. The first-order valence-corrected chi connectivity index (χ1v) is 8.81. The van der Waals surface area contributed by atoms with Crippen LogP contribution in [0, 0.1) is 0 Å². The van der Waals surface area contributed by atoms with E-state index in [4.69, 9.17) is 10.8 Å². The molecule has 4 aromatic rings. The molecule has 7 nitrogen and oxygen atoms in total. The molecule has 3 aromatic heterocycles. The first-order chi connectivity index (χ1) is 12.8. The lowest BCUT2D eigenvalue weighted by molar-refractivity contribution is 0.112. The van der Waals surface area contributed by atoms with Crippen molar-refractivity contribution < 1.29 is 4.79 Å². The molecular weight excluding hydrogens is 328 g/mol. The molecule has 3 heterocycles. The van der Waals surface area contributed by atoms with Crippen LogP contribution < -0.4 is 5.73 Å². The molecule has 1 aliphatic carbocycles. The number of aromatic nitrogens is 5. The van der Waals surface area contributed by atoms with Gasteiger partial charge in [-0.2, -0.15) is 5.10 Å². The Hall–Kier alpha value is -3.22. The Kier molecular flexibility index (Phi) is 3.28. The highest BCUT2D eigenvalue weighted by Crippen LogP contribution is 2.37. The molecule has 5 rings (SSSR count). The molecule has 0 atom stereocenters. The quantitative estimate of drug-likeness (QED) is 0.553. The van der Waals surface area contributed by atoms with Gasteiger partial charge in [0.25, 0.3) is 0 Å². The second kappa shape index (κ2) is 5.66. The van der Waals surface area contributed by atoms with Crippen LogP contribution in [0.25, 0.3) is 33.2 Å². The van der Waals surface area contributed by atoms with Crippen molar-refractivity contribution >= 4 is 34.0 Å². The summed E-state index contributed by atoms with van der Waals surface area (Å²) in [5.74, 6) is 0.439. The standard InChI is InChI=1S/C19H18N6O/c20-18-16-17(11-5-6-14-12(9-26)8-21-15(14)7-11)24-25(13-3-1-2-4-13)19(16)23-10-22-18/h5-10,13,21H,1-4H2,(H2,20,22,23). The van der Waals surface area contributed by atoms with E-state index in [0.717, 1.165) is 52.3 Å². The SMILES string of the molecule is Nc1ncnc2c1c(-c1ccc3c(C=O)c[nH]c3c1)nn2C1CCCC1. The molecule has 0 saturated heterocycles. The van der Waals surface area contributed by atoms with Crippen molar-refractivity contribution in [2.45, 2.75) is 31.7 Å². The Morgan fingerprint density at radius 1 is 1.23 bits per heavy atom. The third-order valence-corrected chi connectivity index (χ3v) is 5.30. The Balaban J connectivity index is 1.74. The number of anilines is 1. The minimum atomic E-state index is 0.358. The van der Waals surface area contributed by atoms with Crippen LogP contribution in [0.5, 0.6) is 0 Å². The van der Waals surface area contributed by atoms with E-state index in [1.807, 2.05) is 22.9 Å². The molecular formula is C19H18N6O. The Bertz CT molecular complexity index is 1140. The van der Waals surface area contributed by atoms with Gasteiger partial charge in [0.15, 0.2) is 11.9 Å². The summed E-state index contributed by atoms with van der Waals surface area (Å²) in [7, 11) is 0. The van der Waals surface area contributed by atoms with E-state index in [0.29, 0.717) is 17.4 Å². The van der Waals surface area contributed by atoms with E-state index in [1.165, 1.54) is 19.2 Å². The minimum Gasteiger partial charge on any atom is -0.383 e. The third-order valence-electron chi connectivity index (χ3n) is 5.30. The number of nitrogen functional groups attached to an aromatic ring is 1. The third kappa shape index (κ3) is 2.13. The number of carbonyl (C=O) groups excluding carboxylic acids is 1. The van der Waals surface area contributed by atoms with Crippen molar-refractivity contribution in [3.8, 4) is 11.3 Å². The first kappa shape index (κ1) is 15.1. The van der Waals surface area contributed by atoms with E-state index in [9.17, 15) is 4.79 Å². The van der Waals surface area contributed by atoms with Gasteiger partial charge in [-0.3, -0.25) is 4.79 Å². The van der Waals surface area contributed by atoms with Crippen LogP contribution in [0.4, 0.5) is 5.82 Å². The molecule has 1 fully saturated rings. The molecule has 7 heteroatoms. The number of hydrogen-bond donors (Lipinski definition) is 2. The lowest BCUT2D eigenvalue weighted by Crippen LogP contribution is -2.07. The number of rotatable bonds is 3. The van der Waals surface area contributed by atoms with Gasteiger partial charge in [-0.15, -0.1) is 0 Å². The van der Waals surface area contributed by atoms with Crippen molar-refractivity contribution in [3.05, 3.63) is 36.3 Å². The van der Waals surface area contributed by atoms with Crippen molar-refractivity contribution in [3.63, 3.8) is 0 Å². The first-order valence-electron chi connectivity index (χ1n) is 8.81. The summed E-state index contributed by atoms with van der Waals surface area (Å²) < 4.78 is 2.02. The Morgan fingerprint density at radius 2 is 2.08 bits per heavy atom. The molecule has 1 aliphatic rings. The number of H-pyrrole nitrogens is 1. The zero-order chi connectivity index (χ0) is 17.7. The lowest BCUT2D eigenvalue weighted by atomic mass is 10.1. The number of nitrogens with one attached hydrogen (secondary N) is 1. The van der Waals surface area contributed by atoms with Gasteiger partial charge < -0.3 is 10.7 Å². The molecule has 1 saturated carbocycles. The number of nitrogens with two attached hydrogens (primary N) is 1. The lowest BCUT2D eigenvalue weighted by Gasteiger charge is -2.10. The van der Waals surface area contributed by atoms with Crippen LogP contribution >= 0.6 is 0 Å². The number of carbonyl (C=O) groups is 1. The smallest absolute Gasteiger partial charge is 0.164 e. The number of nitrogens with zero attached hydrogens (tertiary/aromatic N) is 4. The van der Waals surface area contributed by atoms with E-state index >= 15 is 0 Å². The second-order valence-corrected chi connectivity index (χ2v) is 6.81. The summed E-state index contributed by atoms with van der Waals surface area (Å²) in [6, 6.07) is 6.26. The van der Waals surface area contributed by atoms with Crippen LogP contribution in [0.1, 0.15) is 42.1 Å². The van der Waals surface area contributed by atoms with E-state index in [2.05, 4.69) is 15.0 Å². The van der Waals surface area contributed by atoms with Gasteiger partial charge in [0.05, 0.1) is 11.4 Å². The van der Waals surface area contributed by atoms with E-state index in [1.54, 1.807) is 6.20 Å². The maximum atomic E-state index is 11.1. The molecule has 0 unspecified atom stereocenters. The second-order valence-electron chi connectivity index (χ2n) is 6.81. The summed E-state index contributed by atoms with van der Waals surface area (Å²) in [5.41, 5.74) is 10.2. The number of benzene rings is 1. The fraction of sp³-hybridized carbons (Fsp3) is 0.263. The van der Waals surface area contributed by atoms with Gasteiger partial charge in [0.2, 0.25) is 0 Å². The normalized spacial score (nSPS) is 15.2. The predicted octanol–water partition coefficient (Wildman–Crippen LogP) is 3.48. The van der Waals surface area contributed by atoms with Crippen molar-refractivity contribution in [2.24, 2.45) is 0 Å². The maximum Gasteiger partial charge on any atom is 0.164 e. The predicted molar refractivity (Wildman–Crippen MR) is 99.9 cm³/mol. The summed E-state index contributed by atoms with van der Waals surface area (Å²) in [4.78, 5) is 22.9. The number of hydrogen-bond acceptors (Lipinski definition) is 5. The maximum absolute atomic E-state index is 11.1. The molecule has 26 heavy (non-hydrogen) atoms. The van der Waals surface area contributed by atoms with Crippen LogP contribution in [0.3, 0.4) is 0 Å². The van der Waals surface area contributed by atoms with Crippen LogP contribution in [-0.2, 0) is 0 Å². The summed E-state index contributed by atoms with van der Waals surface area (Å²) in [6.45, 7) is 0. The highest BCUT2D eigenvalue weighted by Gasteiger charge is 2.24. The minimum absolute atomic E-state index is 0.358. The molecule has 0 aliphatic heterocycles. The summed E-state index contributed by atoms with van der Waals surface area (Å²) in [5, 5.41) is 6.58. The van der Waals surface area contributed by atoms with Crippen molar-refractivity contribution in [1.29, 1.82) is 0 Å². The number of aromatic amines is 1. The van der Waals surface area contributed by atoms with Gasteiger partial charge in [-0.25, -0.2) is 14.6 Å². The van der Waals surface area contributed by atoms with Crippen LogP contribution in [0.2, 0.25) is 0 Å². The molecule has 0 radical (unpaired) electrons. The van der Waals surface area contributed by atoms with Gasteiger partial charge in [-0.05, 0) is 18.9 Å². The average Bonchev–Trinajstić information content (AvgIpc) is 3.39. The van der Waals surface area contributed by atoms with Gasteiger partial charge in [-0.1, -0.05) is 25.0 Å². The van der Waals surface area contributed by atoms with Gasteiger partial charge in [0, 0.05) is 28.2 Å². The largest absolute Gasteiger partial charge is 0.383 e. The monoisotopic (exact) mass is 346 g/mol. The topological polar surface area (TPSA) is 102 Å². The molecule has 130 valence electrons. The van der Waals surface area contributed by atoms with Crippen LogP contribution in [0.15, 0.2) is 30.7 Å². The Morgan fingerprint density at radius 3 is 2.88 bits per heavy atom. The van der Waals surface area contributed by atoms with Crippen molar-refractivity contribution in [2.75, 3.05) is 5.73 Å².